The maximum atomic E-state index is 12.0. The van der Waals surface area contributed by atoms with Crippen LogP contribution in [0.25, 0.3) is 0 Å². The number of esters is 1. The number of ether oxygens (including phenoxy) is 3. The van der Waals surface area contributed by atoms with E-state index in [0.717, 1.165) is 5.56 Å². The van der Waals surface area contributed by atoms with Gasteiger partial charge in [0.2, 0.25) is 0 Å². The van der Waals surface area contributed by atoms with E-state index in [1.165, 1.54) is 14.2 Å². The van der Waals surface area contributed by atoms with Crippen LogP contribution < -0.4 is 9.47 Å². The number of ketones is 1. The molecule has 1 rings (SSSR count). The first kappa shape index (κ1) is 15.0. The van der Waals surface area contributed by atoms with Crippen molar-refractivity contribution in [1.29, 1.82) is 0 Å². The molecule has 0 heterocycles. The van der Waals surface area contributed by atoms with Crippen molar-refractivity contribution in [2.24, 2.45) is 0 Å². The third kappa shape index (κ3) is 3.71. The lowest BCUT2D eigenvalue weighted by atomic mass is 10.0. The van der Waals surface area contributed by atoms with Crippen molar-refractivity contribution < 1.29 is 23.8 Å². The Hall–Kier alpha value is -2.04. The van der Waals surface area contributed by atoms with Gasteiger partial charge in [-0.2, -0.15) is 0 Å². The van der Waals surface area contributed by atoms with Crippen LogP contribution in [0.15, 0.2) is 12.1 Å². The van der Waals surface area contributed by atoms with E-state index in [1.54, 1.807) is 19.1 Å². The van der Waals surface area contributed by atoms with E-state index in [9.17, 15) is 9.59 Å². The molecule has 0 radical (unpaired) electrons. The summed E-state index contributed by atoms with van der Waals surface area (Å²) in [5.41, 5.74) is 1.18. The standard InChI is InChI=1S/C14H18O5/c1-5-19-13(16)8-11(15)10-6-9(2)14(18-4)12(7-10)17-3/h6-7H,5,8H2,1-4H3. The van der Waals surface area contributed by atoms with Gasteiger partial charge in [0, 0.05) is 5.56 Å². The Kier molecular flexibility index (Phi) is 5.36. The lowest BCUT2D eigenvalue weighted by molar-refractivity contribution is -0.141. The first-order valence-electron chi connectivity index (χ1n) is 5.94. The molecule has 0 saturated carbocycles. The molecule has 1 aromatic rings. The van der Waals surface area contributed by atoms with Crippen molar-refractivity contribution in [3.8, 4) is 11.5 Å². The summed E-state index contributed by atoms with van der Waals surface area (Å²) in [6.45, 7) is 3.77. The van der Waals surface area contributed by atoms with E-state index in [-0.39, 0.29) is 18.8 Å². The summed E-state index contributed by atoms with van der Waals surface area (Å²) in [6, 6.07) is 3.23. The molecule has 0 spiro atoms. The van der Waals surface area contributed by atoms with E-state index in [4.69, 9.17) is 14.2 Å². The average Bonchev–Trinajstić information content (AvgIpc) is 2.37. The fourth-order valence-corrected chi connectivity index (χ4v) is 1.76. The van der Waals surface area contributed by atoms with Crippen LogP contribution in [0.1, 0.15) is 29.3 Å². The van der Waals surface area contributed by atoms with Gasteiger partial charge in [-0.15, -0.1) is 0 Å². The summed E-state index contributed by atoms with van der Waals surface area (Å²) >= 11 is 0. The topological polar surface area (TPSA) is 61.8 Å². The van der Waals surface area contributed by atoms with Crippen LogP contribution >= 0.6 is 0 Å². The van der Waals surface area contributed by atoms with Gasteiger partial charge < -0.3 is 14.2 Å². The number of carbonyl (C=O) groups is 2. The minimum atomic E-state index is -0.528. The number of Topliss-reactive ketones (excluding diaryl/α,β-unsaturated/α-hetero) is 1. The fourth-order valence-electron chi connectivity index (χ4n) is 1.76. The van der Waals surface area contributed by atoms with Crippen molar-refractivity contribution >= 4 is 11.8 Å². The van der Waals surface area contributed by atoms with Crippen LogP contribution in [0.5, 0.6) is 11.5 Å². The number of hydrogen-bond acceptors (Lipinski definition) is 5. The van der Waals surface area contributed by atoms with Crippen molar-refractivity contribution in [2.75, 3.05) is 20.8 Å². The van der Waals surface area contributed by atoms with E-state index in [0.29, 0.717) is 17.1 Å². The van der Waals surface area contributed by atoms with Gasteiger partial charge >= 0.3 is 5.97 Å². The predicted octanol–water partition coefficient (Wildman–Crippen LogP) is 2.15. The number of aryl methyl sites for hydroxylation is 1. The van der Waals surface area contributed by atoms with Crippen molar-refractivity contribution in [1.82, 2.24) is 0 Å². The highest BCUT2D eigenvalue weighted by Gasteiger charge is 2.17. The summed E-state index contributed by atoms with van der Waals surface area (Å²) in [5, 5.41) is 0. The molecular formula is C14H18O5. The number of carbonyl (C=O) groups excluding carboxylic acids is 2. The number of rotatable bonds is 6. The van der Waals surface area contributed by atoms with Gasteiger partial charge in [0.05, 0.1) is 20.8 Å². The van der Waals surface area contributed by atoms with E-state index < -0.39 is 5.97 Å². The Bertz CT molecular complexity index is 479. The molecule has 0 N–H and O–H groups in total. The Balaban J connectivity index is 2.98. The minimum absolute atomic E-state index is 0.261. The first-order valence-corrected chi connectivity index (χ1v) is 5.94. The molecule has 0 unspecified atom stereocenters. The number of benzene rings is 1. The van der Waals surface area contributed by atoms with E-state index in [2.05, 4.69) is 0 Å². The van der Waals surface area contributed by atoms with E-state index >= 15 is 0 Å². The highest BCUT2D eigenvalue weighted by atomic mass is 16.5. The van der Waals surface area contributed by atoms with Gasteiger partial charge in [-0.3, -0.25) is 9.59 Å². The second-order valence-electron chi connectivity index (χ2n) is 3.93. The second-order valence-corrected chi connectivity index (χ2v) is 3.93. The van der Waals surface area contributed by atoms with Gasteiger partial charge in [0.25, 0.3) is 0 Å². The molecule has 5 heteroatoms. The zero-order valence-electron chi connectivity index (χ0n) is 11.6. The molecular weight excluding hydrogens is 248 g/mol. The molecule has 19 heavy (non-hydrogen) atoms. The molecule has 0 aromatic heterocycles. The molecule has 104 valence electrons. The fraction of sp³-hybridized carbons (Fsp3) is 0.429. The lowest BCUT2D eigenvalue weighted by Crippen LogP contribution is -2.11. The van der Waals surface area contributed by atoms with Crippen LogP contribution in [0.4, 0.5) is 0 Å². The highest BCUT2D eigenvalue weighted by molar-refractivity contribution is 6.06. The summed E-state index contributed by atoms with van der Waals surface area (Å²) < 4.78 is 15.1. The van der Waals surface area contributed by atoms with Crippen molar-refractivity contribution in [3.63, 3.8) is 0 Å². The summed E-state index contributed by atoms with van der Waals surface area (Å²) in [4.78, 5) is 23.2. The van der Waals surface area contributed by atoms with Crippen LogP contribution in [-0.4, -0.2) is 32.6 Å². The molecule has 0 amide bonds. The Morgan fingerprint density at radius 1 is 1.16 bits per heavy atom. The predicted molar refractivity (Wildman–Crippen MR) is 69.9 cm³/mol. The van der Waals surface area contributed by atoms with Gasteiger partial charge in [-0.1, -0.05) is 0 Å². The summed E-state index contributed by atoms with van der Waals surface area (Å²) in [5.74, 6) is 0.215. The molecule has 1 aromatic carbocycles. The van der Waals surface area contributed by atoms with Gasteiger partial charge in [0.15, 0.2) is 17.3 Å². The average molecular weight is 266 g/mol. The monoisotopic (exact) mass is 266 g/mol. The molecule has 0 aliphatic rings. The third-order valence-corrected chi connectivity index (χ3v) is 2.60. The van der Waals surface area contributed by atoms with Gasteiger partial charge in [0.1, 0.15) is 6.42 Å². The molecule has 5 nitrogen and oxygen atoms in total. The highest BCUT2D eigenvalue weighted by Crippen LogP contribution is 2.32. The molecule has 0 atom stereocenters. The maximum absolute atomic E-state index is 12.0. The Morgan fingerprint density at radius 3 is 2.37 bits per heavy atom. The largest absolute Gasteiger partial charge is 0.493 e. The molecule has 0 fully saturated rings. The Labute approximate surface area is 112 Å². The van der Waals surface area contributed by atoms with Crippen LogP contribution in [-0.2, 0) is 9.53 Å². The van der Waals surface area contributed by atoms with Crippen LogP contribution in [0.3, 0.4) is 0 Å². The quantitative estimate of drug-likeness (QED) is 0.448. The SMILES string of the molecule is CCOC(=O)CC(=O)c1cc(C)c(OC)c(OC)c1. The van der Waals surface area contributed by atoms with Crippen LogP contribution in [0, 0.1) is 6.92 Å². The Morgan fingerprint density at radius 2 is 1.84 bits per heavy atom. The minimum Gasteiger partial charge on any atom is -0.493 e. The van der Waals surface area contributed by atoms with E-state index in [1.807, 2.05) is 6.92 Å². The smallest absolute Gasteiger partial charge is 0.313 e. The van der Waals surface area contributed by atoms with Crippen molar-refractivity contribution in [3.05, 3.63) is 23.3 Å². The molecule has 0 saturated heterocycles. The molecule has 0 aliphatic carbocycles. The summed E-state index contributed by atoms with van der Waals surface area (Å²) in [7, 11) is 3.03. The number of hydrogen-bond donors (Lipinski definition) is 0. The maximum Gasteiger partial charge on any atom is 0.313 e. The molecule has 0 bridgehead atoms. The molecule has 0 aliphatic heterocycles. The van der Waals surface area contributed by atoms with Crippen molar-refractivity contribution in [2.45, 2.75) is 20.3 Å². The zero-order valence-corrected chi connectivity index (χ0v) is 11.6. The van der Waals surface area contributed by atoms with Gasteiger partial charge in [-0.05, 0) is 31.5 Å². The zero-order chi connectivity index (χ0) is 14.4. The first-order chi connectivity index (χ1) is 9.03. The lowest BCUT2D eigenvalue weighted by Gasteiger charge is -2.12. The third-order valence-electron chi connectivity index (χ3n) is 2.60. The normalized spacial score (nSPS) is 9.89. The van der Waals surface area contributed by atoms with Gasteiger partial charge in [-0.25, -0.2) is 0 Å². The summed E-state index contributed by atoms with van der Waals surface area (Å²) in [6.07, 6.45) is -0.275. The second kappa shape index (κ2) is 6.78. The number of methoxy groups -OCH3 is 2. The van der Waals surface area contributed by atoms with Crippen LogP contribution in [0.2, 0.25) is 0 Å².